The van der Waals surface area contributed by atoms with E-state index in [1.165, 1.54) is 17.3 Å². The first kappa shape index (κ1) is 15.6. The average Bonchev–Trinajstić information content (AvgIpc) is 3.00. The molecule has 1 amide bonds. The fourth-order valence-corrected chi connectivity index (χ4v) is 2.37. The van der Waals surface area contributed by atoms with Crippen molar-refractivity contribution in [1.82, 2.24) is 14.5 Å². The molecule has 0 radical (unpaired) electrons. The van der Waals surface area contributed by atoms with Crippen molar-refractivity contribution in [2.75, 3.05) is 7.05 Å². The summed E-state index contributed by atoms with van der Waals surface area (Å²) < 4.78 is 38.3. The Bertz CT molecular complexity index is 522. The molecule has 0 saturated carbocycles. The van der Waals surface area contributed by atoms with Crippen molar-refractivity contribution in [3.8, 4) is 0 Å². The summed E-state index contributed by atoms with van der Waals surface area (Å²) in [7, 11) is 1.59. The molecule has 1 atom stereocenters. The van der Waals surface area contributed by atoms with Gasteiger partial charge in [0.05, 0.1) is 6.54 Å². The molecule has 1 unspecified atom stereocenters. The molecule has 21 heavy (non-hydrogen) atoms. The summed E-state index contributed by atoms with van der Waals surface area (Å²) in [6.45, 7) is -1.01. The largest absolute Gasteiger partial charge is 0.406 e. The lowest BCUT2D eigenvalue weighted by atomic mass is 10.0. The maximum Gasteiger partial charge on any atom is 0.406 e. The monoisotopic (exact) mass is 301 g/mol. The summed E-state index contributed by atoms with van der Waals surface area (Å²) in [6.07, 6.45) is 4.71. The zero-order chi connectivity index (χ0) is 15.5. The number of allylic oxidation sites excluding steroid dienone is 2. The summed E-state index contributed by atoms with van der Waals surface area (Å²) in [6, 6.07) is 0. The standard InChI is InChI=1S/C14H18F3N3O/c1-19(13(21)8-11-4-2-3-5-11)9-12-18-6-7-20(12)10-14(15,16)17/h2,4,6-7,11H,3,5,8-10H2,1H3. The van der Waals surface area contributed by atoms with Crippen molar-refractivity contribution in [2.24, 2.45) is 5.92 Å². The number of hydrogen-bond acceptors (Lipinski definition) is 2. The first-order chi connectivity index (χ1) is 9.85. The van der Waals surface area contributed by atoms with E-state index in [0.29, 0.717) is 6.42 Å². The number of imidazole rings is 1. The Morgan fingerprint density at radius 2 is 2.29 bits per heavy atom. The van der Waals surface area contributed by atoms with Crippen LogP contribution in [0.15, 0.2) is 24.5 Å². The summed E-state index contributed by atoms with van der Waals surface area (Å²) in [5.74, 6) is 0.410. The first-order valence-corrected chi connectivity index (χ1v) is 6.82. The van der Waals surface area contributed by atoms with Crippen LogP contribution in [-0.4, -0.2) is 33.6 Å². The van der Waals surface area contributed by atoms with Gasteiger partial charge in [-0.05, 0) is 18.8 Å². The highest BCUT2D eigenvalue weighted by Gasteiger charge is 2.29. The Hall–Kier alpha value is -1.79. The van der Waals surface area contributed by atoms with Gasteiger partial charge < -0.3 is 9.47 Å². The van der Waals surface area contributed by atoms with Crippen LogP contribution >= 0.6 is 0 Å². The van der Waals surface area contributed by atoms with E-state index >= 15 is 0 Å². The lowest BCUT2D eigenvalue weighted by Gasteiger charge is -2.19. The number of carbonyl (C=O) groups excluding carboxylic acids is 1. The van der Waals surface area contributed by atoms with Crippen molar-refractivity contribution in [1.29, 1.82) is 0 Å². The lowest BCUT2D eigenvalue weighted by molar-refractivity contribution is -0.141. The molecule has 1 aliphatic carbocycles. The molecular formula is C14H18F3N3O. The average molecular weight is 301 g/mol. The minimum absolute atomic E-state index is 0.0758. The fourth-order valence-electron chi connectivity index (χ4n) is 2.37. The quantitative estimate of drug-likeness (QED) is 0.784. The van der Waals surface area contributed by atoms with Gasteiger partial charge in [0.2, 0.25) is 5.91 Å². The minimum Gasteiger partial charge on any atom is -0.338 e. The molecule has 1 aliphatic rings. The van der Waals surface area contributed by atoms with Gasteiger partial charge in [0.15, 0.2) is 0 Å². The molecule has 1 heterocycles. The Kier molecular flexibility index (Phi) is 4.69. The Labute approximate surface area is 121 Å². The molecule has 1 aromatic heterocycles. The normalized spacial score (nSPS) is 18.2. The molecule has 0 aliphatic heterocycles. The van der Waals surface area contributed by atoms with Gasteiger partial charge in [-0.15, -0.1) is 0 Å². The molecule has 0 aromatic carbocycles. The zero-order valence-corrected chi connectivity index (χ0v) is 11.8. The molecule has 0 saturated heterocycles. The maximum absolute atomic E-state index is 12.4. The number of halogens is 3. The molecule has 116 valence electrons. The third-order valence-electron chi connectivity index (χ3n) is 3.50. The summed E-state index contributed by atoms with van der Waals surface area (Å²) in [4.78, 5) is 17.4. The van der Waals surface area contributed by atoms with Crippen LogP contribution in [0, 0.1) is 5.92 Å². The van der Waals surface area contributed by atoms with Gasteiger partial charge in [-0.25, -0.2) is 4.98 Å². The van der Waals surface area contributed by atoms with Crippen LogP contribution in [0.1, 0.15) is 25.1 Å². The Balaban J connectivity index is 1.93. The second-order valence-electron chi connectivity index (χ2n) is 5.31. The molecule has 2 rings (SSSR count). The van der Waals surface area contributed by atoms with E-state index in [2.05, 4.69) is 4.98 Å². The zero-order valence-electron chi connectivity index (χ0n) is 11.8. The van der Waals surface area contributed by atoms with Crippen molar-refractivity contribution in [3.05, 3.63) is 30.4 Å². The highest BCUT2D eigenvalue weighted by Crippen LogP contribution is 2.22. The molecule has 0 N–H and O–H groups in total. The molecule has 4 nitrogen and oxygen atoms in total. The van der Waals surface area contributed by atoms with Crippen LogP contribution in [0.25, 0.3) is 0 Å². The third-order valence-corrected chi connectivity index (χ3v) is 3.50. The van der Waals surface area contributed by atoms with Crippen LogP contribution in [-0.2, 0) is 17.9 Å². The van der Waals surface area contributed by atoms with Crippen LogP contribution in [0.2, 0.25) is 0 Å². The van der Waals surface area contributed by atoms with Crippen molar-refractivity contribution < 1.29 is 18.0 Å². The number of amides is 1. The molecule has 7 heteroatoms. The number of aromatic nitrogens is 2. The van der Waals surface area contributed by atoms with E-state index in [1.807, 2.05) is 12.2 Å². The third kappa shape index (κ3) is 4.61. The van der Waals surface area contributed by atoms with E-state index in [1.54, 1.807) is 7.05 Å². The number of carbonyl (C=O) groups is 1. The maximum atomic E-state index is 12.4. The van der Waals surface area contributed by atoms with Gasteiger partial charge in [-0.2, -0.15) is 13.2 Å². The van der Waals surface area contributed by atoms with E-state index in [4.69, 9.17) is 0 Å². The smallest absolute Gasteiger partial charge is 0.338 e. The second kappa shape index (κ2) is 6.32. The van der Waals surface area contributed by atoms with Gasteiger partial charge in [0, 0.05) is 25.9 Å². The topological polar surface area (TPSA) is 38.1 Å². The van der Waals surface area contributed by atoms with Crippen molar-refractivity contribution >= 4 is 5.91 Å². The number of rotatable bonds is 5. The van der Waals surface area contributed by atoms with E-state index < -0.39 is 12.7 Å². The van der Waals surface area contributed by atoms with E-state index in [-0.39, 0.29) is 24.2 Å². The van der Waals surface area contributed by atoms with Crippen LogP contribution < -0.4 is 0 Å². The minimum atomic E-state index is -4.30. The van der Waals surface area contributed by atoms with Crippen molar-refractivity contribution in [3.63, 3.8) is 0 Å². The molecule has 0 bridgehead atoms. The van der Waals surface area contributed by atoms with Gasteiger partial charge in [-0.1, -0.05) is 12.2 Å². The van der Waals surface area contributed by atoms with E-state index in [9.17, 15) is 18.0 Å². The van der Waals surface area contributed by atoms with Crippen molar-refractivity contribution in [2.45, 2.75) is 38.5 Å². The van der Waals surface area contributed by atoms with Gasteiger partial charge in [-0.3, -0.25) is 4.79 Å². The first-order valence-electron chi connectivity index (χ1n) is 6.82. The van der Waals surface area contributed by atoms with Crippen LogP contribution in [0.5, 0.6) is 0 Å². The number of alkyl halides is 3. The summed E-state index contributed by atoms with van der Waals surface area (Å²) in [5.41, 5.74) is 0. The second-order valence-corrected chi connectivity index (χ2v) is 5.31. The molecule has 1 aromatic rings. The molecule has 0 fully saturated rings. The Morgan fingerprint density at radius 3 is 2.90 bits per heavy atom. The van der Waals surface area contributed by atoms with Crippen LogP contribution in [0.3, 0.4) is 0 Å². The SMILES string of the molecule is CN(Cc1nccn1CC(F)(F)F)C(=O)CC1C=CCC1. The highest BCUT2D eigenvalue weighted by atomic mass is 19.4. The lowest BCUT2D eigenvalue weighted by Crippen LogP contribution is -2.29. The highest BCUT2D eigenvalue weighted by molar-refractivity contribution is 5.76. The van der Waals surface area contributed by atoms with Gasteiger partial charge in [0.1, 0.15) is 12.4 Å². The predicted octanol–water partition coefficient (Wildman–Crippen LogP) is 2.76. The number of nitrogens with zero attached hydrogens (tertiary/aromatic N) is 3. The van der Waals surface area contributed by atoms with Gasteiger partial charge >= 0.3 is 6.18 Å². The van der Waals surface area contributed by atoms with E-state index in [0.717, 1.165) is 17.4 Å². The fraction of sp³-hybridized carbons (Fsp3) is 0.571. The molecule has 0 spiro atoms. The predicted molar refractivity (Wildman–Crippen MR) is 71.2 cm³/mol. The summed E-state index contributed by atoms with van der Waals surface area (Å²) in [5, 5.41) is 0. The molecular weight excluding hydrogens is 283 g/mol. The summed E-state index contributed by atoms with van der Waals surface area (Å²) >= 11 is 0. The Morgan fingerprint density at radius 1 is 1.52 bits per heavy atom. The number of hydrogen-bond donors (Lipinski definition) is 0. The van der Waals surface area contributed by atoms with Gasteiger partial charge in [0.25, 0.3) is 0 Å². The van der Waals surface area contributed by atoms with Crippen LogP contribution in [0.4, 0.5) is 13.2 Å².